The second kappa shape index (κ2) is 8.86. The summed E-state index contributed by atoms with van der Waals surface area (Å²) in [4.78, 5) is 24.2. The number of anilines is 4. The van der Waals surface area contributed by atoms with Gasteiger partial charge in [-0.25, -0.2) is 24.9 Å². The topological polar surface area (TPSA) is 112 Å². The number of benzene rings is 2. The van der Waals surface area contributed by atoms with Gasteiger partial charge in [-0.15, -0.1) is 0 Å². The summed E-state index contributed by atoms with van der Waals surface area (Å²) in [7, 11) is 5.73. The van der Waals surface area contributed by atoms with Gasteiger partial charge >= 0.3 is 0 Å². The molecule has 6 rings (SSSR count). The molecule has 0 saturated carbocycles. The summed E-state index contributed by atoms with van der Waals surface area (Å²) in [6.07, 6.45) is 8.64. The van der Waals surface area contributed by atoms with Crippen molar-refractivity contribution in [2.45, 2.75) is 6.92 Å². The SMILES string of the molecule is Cc1cc(Nc2ncnc3cnc(N(C)c4cnn(C)c4)nc23)ccc1Oc1ccc2c(c1)ncn2C. The molecule has 0 atom stereocenters. The third kappa shape index (κ3) is 4.27. The first-order valence-corrected chi connectivity index (χ1v) is 11.6. The number of fused-ring (bicyclic) bond motifs is 2. The highest BCUT2D eigenvalue weighted by Gasteiger charge is 2.14. The summed E-state index contributed by atoms with van der Waals surface area (Å²) in [5, 5.41) is 7.59. The zero-order valence-corrected chi connectivity index (χ0v) is 20.8. The van der Waals surface area contributed by atoms with E-state index in [0.717, 1.165) is 39.5 Å². The van der Waals surface area contributed by atoms with Gasteiger partial charge in [-0.05, 0) is 42.8 Å². The third-order valence-electron chi connectivity index (χ3n) is 6.11. The van der Waals surface area contributed by atoms with Crippen molar-refractivity contribution >= 4 is 45.2 Å². The van der Waals surface area contributed by atoms with Crippen LogP contribution in [0.15, 0.2) is 67.6 Å². The van der Waals surface area contributed by atoms with Gasteiger partial charge in [0, 0.05) is 39.1 Å². The number of aryl methyl sites for hydroxylation is 3. The van der Waals surface area contributed by atoms with Gasteiger partial charge in [0.1, 0.15) is 28.9 Å². The Morgan fingerprint density at radius 1 is 0.946 bits per heavy atom. The molecule has 4 heterocycles. The van der Waals surface area contributed by atoms with E-state index < -0.39 is 0 Å². The van der Waals surface area contributed by atoms with E-state index in [4.69, 9.17) is 9.72 Å². The van der Waals surface area contributed by atoms with E-state index in [9.17, 15) is 0 Å². The Hall–Kier alpha value is -5.06. The summed E-state index contributed by atoms with van der Waals surface area (Å²) in [6, 6.07) is 11.8. The monoisotopic (exact) mass is 492 g/mol. The Morgan fingerprint density at radius 3 is 2.65 bits per heavy atom. The van der Waals surface area contributed by atoms with E-state index >= 15 is 0 Å². The Morgan fingerprint density at radius 2 is 1.84 bits per heavy atom. The summed E-state index contributed by atoms with van der Waals surface area (Å²) >= 11 is 0. The van der Waals surface area contributed by atoms with Crippen LogP contribution in [0.25, 0.3) is 22.1 Å². The molecule has 11 heteroatoms. The van der Waals surface area contributed by atoms with Crippen molar-refractivity contribution in [3.8, 4) is 11.5 Å². The number of hydrogen-bond donors (Lipinski definition) is 1. The predicted octanol–water partition coefficient (Wildman–Crippen LogP) is 4.65. The van der Waals surface area contributed by atoms with Crippen LogP contribution in [0.2, 0.25) is 0 Å². The molecule has 1 N–H and O–H groups in total. The third-order valence-corrected chi connectivity index (χ3v) is 6.11. The van der Waals surface area contributed by atoms with Crippen LogP contribution in [0, 0.1) is 6.92 Å². The Balaban J connectivity index is 1.26. The summed E-state index contributed by atoms with van der Waals surface area (Å²) in [5.74, 6) is 2.60. The Kier molecular flexibility index (Phi) is 5.37. The number of hydrogen-bond acceptors (Lipinski definition) is 9. The van der Waals surface area contributed by atoms with Crippen LogP contribution in [0.3, 0.4) is 0 Å². The maximum atomic E-state index is 6.15. The first-order chi connectivity index (χ1) is 17.9. The highest BCUT2D eigenvalue weighted by molar-refractivity contribution is 5.87. The summed E-state index contributed by atoms with van der Waals surface area (Å²) < 4.78 is 9.86. The lowest BCUT2D eigenvalue weighted by Crippen LogP contribution is -2.13. The molecule has 6 aromatic rings. The molecule has 184 valence electrons. The number of nitrogens with zero attached hydrogens (tertiary/aromatic N) is 9. The van der Waals surface area contributed by atoms with Gasteiger partial charge in [0.25, 0.3) is 0 Å². The minimum Gasteiger partial charge on any atom is -0.457 e. The van der Waals surface area contributed by atoms with Gasteiger partial charge in [0.05, 0.1) is 35.4 Å². The quantitative estimate of drug-likeness (QED) is 0.355. The predicted molar refractivity (Wildman–Crippen MR) is 142 cm³/mol. The Bertz CT molecular complexity index is 1760. The summed E-state index contributed by atoms with van der Waals surface area (Å²) in [6.45, 7) is 2.00. The molecule has 0 aliphatic rings. The van der Waals surface area contributed by atoms with Crippen molar-refractivity contribution in [2.75, 3.05) is 17.3 Å². The van der Waals surface area contributed by atoms with E-state index in [1.807, 2.05) is 80.1 Å². The van der Waals surface area contributed by atoms with E-state index in [0.29, 0.717) is 22.8 Å². The minimum atomic E-state index is 0.517. The maximum Gasteiger partial charge on any atom is 0.230 e. The second-order valence-electron chi connectivity index (χ2n) is 8.77. The average molecular weight is 493 g/mol. The number of rotatable bonds is 6. The average Bonchev–Trinajstić information content (AvgIpc) is 3.50. The standard InChI is InChI=1S/C26H24N10O/c1-16-9-17(5-8-23(16)37-19-6-7-22-20(10-19)30-15-34(22)2)32-25-24-21(28-14-29-25)12-27-26(33-24)36(4)18-11-31-35(3)13-18/h5-15H,1-4H3,(H,28,29,32). The molecular formula is C26H24N10O. The maximum absolute atomic E-state index is 6.15. The molecule has 11 nitrogen and oxygen atoms in total. The molecule has 0 amide bonds. The number of aromatic nitrogens is 8. The van der Waals surface area contributed by atoms with Crippen LogP contribution >= 0.6 is 0 Å². The minimum absolute atomic E-state index is 0.517. The van der Waals surface area contributed by atoms with Crippen LogP contribution in [-0.4, -0.2) is 46.3 Å². The van der Waals surface area contributed by atoms with Gasteiger partial charge in [-0.1, -0.05) is 0 Å². The molecule has 4 aromatic heterocycles. The molecule has 2 aromatic carbocycles. The molecule has 0 fully saturated rings. The molecule has 0 spiro atoms. The molecule has 0 unspecified atom stereocenters. The largest absolute Gasteiger partial charge is 0.457 e. The molecule has 0 aliphatic carbocycles. The van der Waals surface area contributed by atoms with Crippen LogP contribution in [-0.2, 0) is 14.1 Å². The van der Waals surface area contributed by atoms with Crippen LogP contribution in [0.1, 0.15) is 5.56 Å². The van der Waals surface area contributed by atoms with Gasteiger partial charge in [0.2, 0.25) is 5.95 Å². The zero-order valence-electron chi connectivity index (χ0n) is 20.8. The first kappa shape index (κ1) is 22.4. The van der Waals surface area contributed by atoms with Crippen LogP contribution in [0.4, 0.5) is 23.1 Å². The normalized spacial score (nSPS) is 11.2. The fraction of sp³-hybridized carbons (Fsp3) is 0.154. The Labute approximate surface area is 212 Å². The lowest BCUT2D eigenvalue weighted by molar-refractivity contribution is 0.479. The molecule has 0 saturated heterocycles. The fourth-order valence-corrected chi connectivity index (χ4v) is 4.08. The second-order valence-corrected chi connectivity index (χ2v) is 8.77. The van der Waals surface area contributed by atoms with E-state index in [-0.39, 0.29) is 0 Å². The molecular weight excluding hydrogens is 468 g/mol. The first-order valence-electron chi connectivity index (χ1n) is 11.6. The summed E-state index contributed by atoms with van der Waals surface area (Å²) in [5.41, 5.74) is 5.90. The smallest absolute Gasteiger partial charge is 0.230 e. The van der Waals surface area contributed by atoms with Crippen molar-refractivity contribution in [3.63, 3.8) is 0 Å². The van der Waals surface area contributed by atoms with Crippen molar-refractivity contribution in [2.24, 2.45) is 14.1 Å². The van der Waals surface area contributed by atoms with Gasteiger partial charge in [-0.3, -0.25) is 4.68 Å². The fourth-order valence-electron chi connectivity index (χ4n) is 4.08. The van der Waals surface area contributed by atoms with E-state index in [1.54, 1.807) is 23.4 Å². The van der Waals surface area contributed by atoms with E-state index in [2.05, 4.69) is 30.4 Å². The lowest BCUT2D eigenvalue weighted by Gasteiger charge is -2.16. The highest BCUT2D eigenvalue weighted by Crippen LogP contribution is 2.31. The van der Waals surface area contributed by atoms with Crippen molar-refractivity contribution < 1.29 is 4.74 Å². The van der Waals surface area contributed by atoms with Gasteiger partial charge < -0.3 is 19.5 Å². The van der Waals surface area contributed by atoms with E-state index in [1.165, 1.54) is 6.33 Å². The lowest BCUT2D eigenvalue weighted by atomic mass is 10.2. The molecule has 0 aliphatic heterocycles. The van der Waals surface area contributed by atoms with Crippen LogP contribution < -0.4 is 15.0 Å². The van der Waals surface area contributed by atoms with Crippen LogP contribution in [0.5, 0.6) is 11.5 Å². The van der Waals surface area contributed by atoms with Gasteiger partial charge in [0.15, 0.2) is 5.82 Å². The molecule has 0 radical (unpaired) electrons. The number of nitrogens with one attached hydrogen (secondary N) is 1. The number of imidazole rings is 1. The number of ether oxygens (including phenoxy) is 1. The van der Waals surface area contributed by atoms with Crippen molar-refractivity contribution in [1.82, 2.24) is 39.3 Å². The molecule has 0 bridgehead atoms. The van der Waals surface area contributed by atoms with Crippen molar-refractivity contribution in [1.29, 1.82) is 0 Å². The van der Waals surface area contributed by atoms with Crippen molar-refractivity contribution in [3.05, 3.63) is 73.2 Å². The van der Waals surface area contributed by atoms with Gasteiger partial charge in [-0.2, -0.15) is 5.10 Å². The highest BCUT2D eigenvalue weighted by atomic mass is 16.5. The molecule has 37 heavy (non-hydrogen) atoms. The zero-order chi connectivity index (χ0) is 25.5.